The first-order chi connectivity index (χ1) is 16.7. The second-order valence-corrected chi connectivity index (χ2v) is 8.45. The predicted octanol–water partition coefficient (Wildman–Crippen LogP) is 4.34. The molecule has 0 heterocycles. The molecule has 0 amide bonds. The van der Waals surface area contributed by atoms with E-state index in [0.717, 1.165) is 17.5 Å². The summed E-state index contributed by atoms with van der Waals surface area (Å²) >= 11 is 0. The maximum atomic E-state index is 11.4. The highest BCUT2D eigenvalue weighted by atomic mass is 16.6. The summed E-state index contributed by atoms with van der Waals surface area (Å²) in [4.78, 5) is 22.8. The van der Waals surface area contributed by atoms with Gasteiger partial charge in [0.2, 0.25) is 0 Å². The van der Waals surface area contributed by atoms with Crippen LogP contribution in [0, 0.1) is 0 Å². The first-order valence-electron chi connectivity index (χ1n) is 11.5. The topological polar surface area (TPSA) is 97.1 Å². The van der Waals surface area contributed by atoms with E-state index < -0.39 is 11.9 Å². The monoisotopic (exact) mass is 481 g/mol. The molecule has 0 saturated heterocycles. The Hall–Kier alpha value is -3.58. The summed E-state index contributed by atoms with van der Waals surface area (Å²) in [6.07, 6.45) is 0.751. The number of carbonyl (C=O) groups excluding carboxylic acids is 2. The molecule has 2 rings (SSSR count). The Morgan fingerprint density at radius 3 is 1.43 bits per heavy atom. The Morgan fingerprint density at radius 1 is 0.743 bits per heavy atom. The van der Waals surface area contributed by atoms with Gasteiger partial charge in [0, 0.05) is 16.6 Å². The van der Waals surface area contributed by atoms with E-state index in [1.54, 1.807) is 13.8 Å². The zero-order valence-electron chi connectivity index (χ0n) is 20.8. The van der Waals surface area contributed by atoms with E-state index in [9.17, 15) is 9.59 Å². The van der Waals surface area contributed by atoms with Gasteiger partial charge in [0.15, 0.2) is 0 Å². The van der Waals surface area contributed by atoms with Crippen LogP contribution in [0.5, 0.6) is 11.5 Å². The average Bonchev–Trinajstić information content (AvgIpc) is 2.84. The quantitative estimate of drug-likeness (QED) is 0.244. The van der Waals surface area contributed by atoms with Gasteiger partial charge in [-0.3, -0.25) is 0 Å². The van der Waals surface area contributed by atoms with Crippen LogP contribution in [0.1, 0.15) is 38.3 Å². The van der Waals surface area contributed by atoms with E-state index in [1.807, 2.05) is 48.5 Å². The second kappa shape index (κ2) is 13.3. The van der Waals surface area contributed by atoms with Crippen molar-refractivity contribution in [3.63, 3.8) is 0 Å². The van der Waals surface area contributed by atoms with E-state index in [-0.39, 0.29) is 31.8 Å². The van der Waals surface area contributed by atoms with Crippen LogP contribution < -0.4 is 15.2 Å². The molecule has 0 aromatic heterocycles. The molecule has 0 aliphatic carbocycles. The van der Waals surface area contributed by atoms with Crippen molar-refractivity contribution < 1.29 is 28.5 Å². The lowest BCUT2D eigenvalue weighted by atomic mass is 9.74. The Balaban J connectivity index is 1.99. The normalized spacial score (nSPS) is 10.9. The van der Waals surface area contributed by atoms with Gasteiger partial charge in [0.1, 0.15) is 37.9 Å². The van der Waals surface area contributed by atoms with Crippen molar-refractivity contribution in [3.8, 4) is 11.5 Å². The van der Waals surface area contributed by atoms with Crippen molar-refractivity contribution in [2.24, 2.45) is 5.73 Å². The molecular weight excluding hydrogens is 446 g/mol. The number of benzene rings is 2. The summed E-state index contributed by atoms with van der Waals surface area (Å²) < 4.78 is 21.4. The first kappa shape index (κ1) is 27.7. The summed E-state index contributed by atoms with van der Waals surface area (Å²) in [5, 5.41) is 0. The van der Waals surface area contributed by atoms with Crippen LogP contribution in [0.4, 0.5) is 0 Å². The fourth-order valence-corrected chi connectivity index (χ4v) is 3.42. The van der Waals surface area contributed by atoms with Crippen LogP contribution in [0.3, 0.4) is 0 Å². The number of hydrogen-bond donors (Lipinski definition) is 1. The maximum Gasteiger partial charge on any atom is 0.333 e. The van der Waals surface area contributed by atoms with Crippen molar-refractivity contribution in [2.45, 2.75) is 32.6 Å². The van der Waals surface area contributed by atoms with Crippen molar-refractivity contribution in [1.29, 1.82) is 0 Å². The molecule has 2 aromatic carbocycles. The molecule has 7 heteroatoms. The molecule has 188 valence electrons. The number of esters is 2. The molecule has 0 fully saturated rings. The van der Waals surface area contributed by atoms with Crippen molar-refractivity contribution in [2.75, 3.05) is 33.0 Å². The van der Waals surface area contributed by atoms with Gasteiger partial charge in [-0.1, -0.05) is 44.3 Å². The van der Waals surface area contributed by atoms with Gasteiger partial charge < -0.3 is 24.7 Å². The number of rotatable bonds is 14. The minimum Gasteiger partial charge on any atom is -0.490 e. The molecule has 0 atom stereocenters. The van der Waals surface area contributed by atoms with Gasteiger partial charge in [0.05, 0.1) is 0 Å². The van der Waals surface area contributed by atoms with E-state index in [4.69, 9.17) is 24.7 Å². The molecule has 0 saturated carbocycles. The van der Waals surface area contributed by atoms with Crippen molar-refractivity contribution in [3.05, 3.63) is 84.0 Å². The second-order valence-electron chi connectivity index (χ2n) is 8.45. The van der Waals surface area contributed by atoms with Gasteiger partial charge in [0.25, 0.3) is 0 Å². The Bertz CT molecular complexity index is 933. The molecular formula is C28H35NO6. The minimum absolute atomic E-state index is 0.156. The summed E-state index contributed by atoms with van der Waals surface area (Å²) in [6.45, 7) is 13.8. The molecule has 0 spiro atoms. The molecule has 0 aliphatic rings. The minimum atomic E-state index is -0.427. The van der Waals surface area contributed by atoms with Gasteiger partial charge in [-0.25, -0.2) is 9.59 Å². The van der Waals surface area contributed by atoms with E-state index >= 15 is 0 Å². The van der Waals surface area contributed by atoms with Crippen LogP contribution in [-0.2, 0) is 24.5 Å². The largest absolute Gasteiger partial charge is 0.490 e. The number of ether oxygens (including phenoxy) is 4. The first-order valence-corrected chi connectivity index (χ1v) is 11.5. The van der Waals surface area contributed by atoms with E-state index in [1.165, 1.54) is 0 Å². The number of hydrogen-bond acceptors (Lipinski definition) is 7. The summed E-state index contributed by atoms with van der Waals surface area (Å²) in [5.41, 5.74) is 8.57. The third-order valence-corrected chi connectivity index (χ3v) is 5.49. The fourth-order valence-electron chi connectivity index (χ4n) is 3.42. The SMILES string of the molecule is C=C(C)C(=O)OCCOc1ccc(C(C)(CCN)c2ccc(OCCOC(=O)C(=C)C)cc2)cc1. The average molecular weight is 482 g/mol. The Labute approximate surface area is 207 Å². The number of carbonyl (C=O) groups is 2. The van der Waals surface area contributed by atoms with E-state index in [0.29, 0.717) is 29.2 Å². The summed E-state index contributed by atoms with van der Waals surface area (Å²) in [6, 6.07) is 15.7. The molecule has 0 bridgehead atoms. The molecule has 0 aliphatic heterocycles. The third kappa shape index (κ3) is 8.30. The summed E-state index contributed by atoms with van der Waals surface area (Å²) in [5.74, 6) is 0.519. The highest BCUT2D eigenvalue weighted by molar-refractivity contribution is 5.87. The lowest BCUT2D eigenvalue weighted by Crippen LogP contribution is -2.27. The Morgan fingerprint density at radius 2 is 1.11 bits per heavy atom. The van der Waals surface area contributed by atoms with E-state index in [2.05, 4.69) is 20.1 Å². The highest BCUT2D eigenvalue weighted by Crippen LogP contribution is 2.36. The zero-order valence-corrected chi connectivity index (χ0v) is 20.8. The van der Waals surface area contributed by atoms with Crippen LogP contribution in [-0.4, -0.2) is 44.9 Å². The molecule has 2 aromatic rings. The van der Waals surface area contributed by atoms with Crippen LogP contribution in [0.15, 0.2) is 72.8 Å². The maximum absolute atomic E-state index is 11.4. The molecule has 2 N–H and O–H groups in total. The third-order valence-electron chi connectivity index (χ3n) is 5.49. The summed E-state index contributed by atoms with van der Waals surface area (Å²) in [7, 11) is 0. The van der Waals surface area contributed by atoms with Gasteiger partial charge in [-0.2, -0.15) is 0 Å². The van der Waals surface area contributed by atoms with Crippen LogP contribution >= 0.6 is 0 Å². The molecule has 0 unspecified atom stereocenters. The zero-order chi connectivity index (χ0) is 25.8. The fraction of sp³-hybridized carbons (Fsp3) is 0.357. The predicted molar refractivity (Wildman–Crippen MR) is 136 cm³/mol. The Kier molecular flexibility index (Phi) is 10.5. The van der Waals surface area contributed by atoms with Gasteiger partial charge in [-0.05, 0) is 62.2 Å². The lowest BCUT2D eigenvalue weighted by Gasteiger charge is -2.31. The lowest BCUT2D eigenvalue weighted by molar-refractivity contribution is -0.140. The smallest absolute Gasteiger partial charge is 0.333 e. The molecule has 0 radical (unpaired) electrons. The molecule has 35 heavy (non-hydrogen) atoms. The molecule has 7 nitrogen and oxygen atoms in total. The van der Waals surface area contributed by atoms with Crippen molar-refractivity contribution >= 4 is 11.9 Å². The van der Waals surface area contributed by atoms with Crippen molar-refractivity contribution in [1.82, 2.24) is 0 Å². The van der Waals surface area contributed by atoms with Gasteiger partial charge >= 0.3 is 11.9 Å². The standard InChI is InChI=1S/C28H35NO6/c1-20(2)26(30)34-18-16-32-24-10-6-22(7-11-24)28(5,14-15-29)23-8-12-25(13-9-23)33-17-19-35-27(31)21(3)4/h6-13H,1,3,14-19,29H2,2,4-5H3. The number of nitrogens with two attached hydrogens (primary N) is 1. The highest BCUT2D eigenvalue weighted by Gasteiger charge is 2.28. The van der Waals surface area contributed by atoms with Crippen LogP contribution in [0.2, 0.25) is 0 Å². The van der Waals surface area contributed by atoms with Crippen LogP contribution in [0.25, 0.3) is 0 Å². The van der Waals surface area contributed by atoms with Gasteiger partial charge in [-0.15, -0.1) is 0 Å².